The number of nitrogens with zero attached hydrogens (tertiary/aromatic N) is 4. The summed E-state index contributed by atoms with van der Waals surface area (Å²) in [7, 11) is 0. The lowest BCUT2D eigenvalue weighted by Crippen LogP contribution is -2.22. The highest BCUT2D eigenvalue weighted by Gasteiger charge is 2.39. The molecule has 252 valence electrons. The average molecular weight is 687 g/mol. The van der Waals surface area contributed by atoms with Crippen LogP contribution in [0.15, 0.2) is 176 Å². The van der Waals surface area contributed by atoms with Crippen LogP contribution in [0.2, 0.25) is 0 Å². The van der Waals surface area contributed by atoms with Gasteiger partial charge in [-0.2, -0.15) is 13.2 Å². The third-order valence-electron chi connectivity index (χ3n) is 8.91. The van der Waals surface area contributed by atoms with Crippen LogP contribution in [-0.2, 0) is 0 Å². The van der Waals surface area contributed by atoms with E-state index in [1.807, 2.05) is 131 Å². The zero-order valence-electron chi connectivity index (χ0n) is 27.6. The second kappa shape index (κ2) is 13.5. The molecule has 0 saturated heterocycles. The predicted molar refractivity (Wildman–Crippen MR) is 198 cm³/mol. The van der Waals surface area contributed by atoms with E-state index < -0.39 is 17.5 Å². The molecule has 52 heavy (non-hydrogen) atoms. The summed E-state index contributed by atoms with van der Waals surface area (Å²) in [5.41, 5.74) is 7.98. The highest BCUT2D eigenvalue weighted by atomic mass is 19.4. The van der Waals surface area contributed by atoms with Crippen LogP contribution in [0.3, 0.4) is 0 Å². The van der Waals surface area contributed by atoms with E-state index in [9.17, 15) is 18.0 Å². The maximum Gasteiger partial charge on any atom is 0.454 e. The predicted octanol–water partition coefficient (Wildman–Crippen LogP) is 11.1. The number of hydrogen-bond acceptors (Lipinski definition) is 3. The van der Waals surface area contributed by atoms with Gasteiger partial charge < -0.3 is 0 Å². The van der Waals surface area contributed by atoms with Gasteiger partial charge in [0, 0.05) is 52.9 Å². The summed E-state index contributed by atoms with van der Waals surface area (Å²) in [4.78, 5) is 21.5. The lowest BCUT2D eigenvalue weighted by molar-refractivity contribution is -0.0885. The molecule has 0 aliphatic heterocycles. The summed E-state index contributed by atoms with van der Waals surface area (Å²) in [5, 5.41) is 0. The minimum atomic E-state index is -4.98. The monoisotopic (exact) mass is 686 g/mol. The summed E-state index contributed by atoms with van der Waals surface area (Å²) < 4.78 is 44.4. The Bertz CT molecular complexity index is 2400. The molecule has 0 fully saturated rings. The van der Waals surface area contributed by atoms with Gasteiger partial charge in [0.2, 0.25) is 0 Å². The highest BCUT2D eigenvalue weighted by molar-refractivity contribution is 6.01. The second-order valence-corrected chi connectivity index (χ2v) is 12.3. The van der Waals surface area contributed by atoms with Gasteiger partial charge >= 0.3 is 6.18 Å². The first kappa shape index (κ1) is 32.4. The van der Waals surface area contributed by atoms with Crippen LogP contribution in [0.25, 0.3) is 67.5 Å². The van der Waals surface area contributed by atoms with Gasteiger partial charge in [0.1, 0.15) is 11.6 Å². The fourth-order valence-electron chi connectivity index (χ4n) is 6.43. The Balaban J connectivity index is 1.26. The first-order chi connectivity index (χ1) is 25.3. The van der Waals surface area contributed by atoms with E-state index in [1.54, 1.807) is 18.5 Å². The van der Waals surface area contributed by atoms with Crippen molar-refractivity contribution < 1.29 is 18.0 Å². The Morgan fingerprint density at radius 3 is 1.29 bits per heavy atom. The van der Waals surface area contributed by atoms with Gasteiger partial charge in [0.05, 0.1) is 0 Å². The SMILES string of the molecule is O=C(c1cccc(-c2cc(-c3cccc(-n4ccnc4-c4ccccc4)c3)cc(-c3cccc(-n4ccnc4-c4ccccc4)c3)c2)c1)C(F)(F)F. The maximum atomic E-state index is 13.5. The number of rotatable bonds is 8. The van der Waals surface area contributed by atoms with Crippen LogP contribution in [-0.4, -0.2) is 31.1 Å². The number of carbonyl (C=O) groups is 1. The van der Waals surface area contributed by atoms with Crippen molar-refractivity contribution in [3.05, 3.63) is 182 Å². The molecule has 0 saturated carbocycles. The Kier molecular flexibility index (Phi) is 8.41. The van der Waals surface area contributed by atoms with Gasteiger partial charge in [-0.1, -0.05) is 103 Å². The van der Waals surface area contributed by atoms with E-state index in [-0.39, 0.29) is 0 Å². The summed E-state index contributed by atoms with van der Waals surface area (Å²) >= 11 is 0. The summed E-state index contributed by atoms with van der Waals surface area (Å²) in [6, 6.07) is 47.6. The number of carbonyl (C=O) groups excluding carboxylic acids is 1. The number of hydrogen-bond donors (Lipinski definition) is 0. The highest BCUT2D eigenvalue weighted by Crippen LogP contribution is 2.36. The Morgan fingerprint density at radius 2 is 0.846 bits per heavy atom. The molecule has 5 nitrogen and oxygen atoms in total. The number of benzene rings is 6. The zero-order chi connectivity index (χ0) is 35.7. The number of ketones is 1. The molecule has 0 bridgehead atoms. The number of halogens is 3. The second-order valence-electron chi connectivity index (χ2n) is 12.3. The van der Waals surface area contributed by atoms with Crippen LogP contribution in [0.5, 0.6) is 0 Å². The molecule has 8 aromatic rings. The van der Waals surface area contributed by atoms with E-state index in [0.29, 0.717) is 11.1 Å². The van der Waals surface area contributed by atoms with Crippen LogP contribution in [0.4, 0.5) is 13.2 Å². The van der Waals surface area contributed by atoms with Crippen molar-refractivity contribution in [2.75, 3.05) is 0 Å². The van der Waals surface area contributed by atoms with Crippen LogP contribution in [0, 0.1) is 0 Å². The van der Waals surface area contributed by atoms with Gasteiger partial charge in [-0.25, -0.2) is 9.97 Å². The van der Waals surface area contributed by atoms with Gasteiger partial charge in [-0.15, -0.1) is 0 Å². The molecule has 0 spiro atoms. The Labute approximate surface area is 297 Å². The van der Waals surface area contributed by atoms with Crippen LogP contribution in [0.1, 0.15) is 10.4 Å². The average Bonchev–Trinajstić information content (AvgIpc) is 3.89. The minimum absolute atomic E-state index is 0.414. The van der Waals surface area contributed by atoms with Crippen molar-refractivity contribution in [1.82, 2.24) is 19.1 Å². The third-order valence-corrected chi connectivity index (χ3v) is 8.91. The van der Waals surface area contributed by atoms with Crippen molar-refractivity contribution >= 4 is 5.78 Å². The summed E-state index contributed by atoms with van der Waals surface area (Å²) in [5.74, 6) is -0.288. The van der Waals surface area contributed by atoms with Gasteiger partial charge in [-0.05, 0) is 81.9 Å². The standard InChI is InChI=1S/C44H29F3N4O/c45-44(46,47)41(52)35-17-7-14-32(24-35)36-25-37(33-15-8-18-39(28-33)50-22-20-48-42(50)30-10-3-1-4-11-30)27-38(26-36)34-16-9-19-40(29-34)51-23-21-49-43(51)31-12-5-2-6-13-31/h1-29H. The summed E-state index contributed by atoms with van der Waals surface area (Å²) in [6.45, 7) is 0. The molecule has 2 heterocycles. The number of imidazole rings is 2. The maximum absolute atomic E-state index is 13.5. The van der Waals surface area contributed by atoms with Gasteiger partial charge in [-0.3, -0.25) is 13.9 Å². The Morgan fingerprint density at radius 1 is 0.442 bits per heavy atom. The van der Waals surface area contributed by atoms with Crippen molar-refractivity contribution in [1.29, 1.82) is 0 Å². The van der Waals surface area contributed by atoms with Crippen molar-refractivity contribution in [2.24, 2.45) is 0 Å². The number of Topliss-reactive ketones (excluding diaryl/α,β-unsaturated/α-hetero) is 1. The quantitative estimate of drug-likeness (QED) is 0.150. The van der Waals surface area contributed by atoms with Crippen LogP contribution >= 0.6 is 0 Å². The number of aromatic nitrogens is 4. The molecule has 8 heteroatoms. The molecule has 0 atom stereocenters. The van der Waals surface area contributed by atoms with Crippen molar-refractivity contribution in [3.63, 3.8) is 0 Å². The Hall–Kier alpha value is -6.80. The van der Waals surface area contributed by atoms with E-state index in [2.05, 4.69) is 28.2 Å². The van der Waals surface area contributed by atoms with E-state index >= 15 is 0 Å². The molecular formula is C44H29F3N4O. The first-order valence-electron chi connectivity index (χ1n) is 16.6. The van der Waals surface area contributed by atoms with Crippen molar-refractivity contribution in [3.8, 4) is 67.5 Å². The molecule has 2 aromatic heterocycles. The van der Waals surface area contributed by atoms with Gasteiger partial charge in [0.15, 0.2) is 0 Å². The molecule has 6 aromatic carbocycles. The topological polar surface area (TPSA) is 52.7 Å². The molecule has 8 rings (SSSR count). The fraction of sp³-hybridized carbons (Fsp3) is 0.0227. The molecule has 0 unspecified atom stereocenters. The zero-order valence-corrected chi connectivity index (χ0v) is 27.6. The lowest BCUT2D eigenvalue weighted by atomic mass is 9.92. The molecular weight excluding hydrogens is 658 g/mol. The fourth-order valence-corrected chi connectivity index (χ4v) is 6.43. The van der Waals surface area contributed by atoms with Crippen molar-refractivity contribution in [2.45, 2.75) is 6.18 Å². The minimum Gasteiger partial charge on any atom is -0.300 e. The summed E-state index contributed by atoms with van der Waals surface area (Å²) in [6.07, 6.45) is 2.37. The molecule has 0 amide bonds. The smallest absolute Gasteiger partial charge is 0.300 e. The number of alkyl halides is 3. The lowest BCUT2D eigenvalue weighted by Gasteiger charge is -2.15. The normalized spacial score (nSPS) is 11.4. The largest absolute Gasteiger partial charge is 0.454 e. The first-order valence-corrected chi connectivity index (χ1v) is 16.6. The van der Waals surface area contributed by atoms with E-state index in [0.717, 1.165) is 56.4 Å². The molecule has 0 aliphatic rings. The molecule has 0 N–H and O–H groups in total. The van der Waals surface area contributed by atoms with Crippen LogP contribution < -0.4 is 0 Å². The van der Waals surface area contributed by atoms with E-state index in [1.165, 1.54) is 18.2 Å². The van der Waals surface area contributed by atoms with Gasteiger partial charge in [0.25, 0.3) is 5.78 Å². The van der Waals surface area contributed by atoms with E-state index in [4.69, 9.17) is 0 Å². The molecule has 0 radical (unpaired) electrons. The third kappa shape index (κ3) is 6.45. The molecule has 0 aliphatic carbocycles.